The number of nitrogens with zero attached hydrogens (tertiary/aromatic N) is 1. The predicted molar refractivity (Wildman–Crippen MR) is 44.6 cm³/mol. The zero-order chi connectivity index (χ0) is 9.30. The summed E-state index contributed by atoms with van der Waals surface area (Å²) < 4.78 is 0.850. The fourth-order valence-corrected chi connectivity index (χ4v) is 0.768. The Balaban J connectivity index is 3.73. The van der Waals surface area contributed by atoms with Gasteiger partial charge in [-0.15, -0.1) is 0 Å². The van der Waals surface area contributed by atoms with Gasteiger partial charge in [0.25, 0.3) is 5.56 Å². The van der Waals surface area contributed by atoms with Gasteiger partial charge in [0.15, 0.2) is 0 Å². The van der Waals surface area contributed by atoms with E-state index in [1.165, 1.54) is 7.05 Å². The van der Waals surface area contributed by atoms with E-state index in [-0.39, 0.29) is 11.4 Å². The van der Waals surface area contributed by atoms with Crippen molar-refractivity contribution in [3.8, 4) is 0 Å². The number of aromatic amines is 1. The van der Waals surface area contributed by atoms with Crippen LogP contribution in [0.4, 0.5) is 5.69 Å². The molecule has 1 aromatic rings. The van der Waals surface area contributed by atoms with Crippen LogP contribution in [0.15, 0.2) is 9.59 Å². The number of nitrogens with one attached hydrogen (secondary N) is 2. The van der Waals surface area contributed by atoms with Crippen LogP contribution in [0.2, 0.25) is 0 Å². The summed E-state index contributed by atoms with van der Waals surface area (Å²) in [5.74, 6) is 0. The van der Waals surface area contributed by atoms with E-state index in [0.717, 1.165) is 10.8 Å². The van der Waals surface area contributed by atoms with Crippen molar-refractivity contribution in [2.75, 3.05) is 5.73 Å². The molecule has 0 unspecified atom stereocenters. The molecule has 0 atom stereocenters. The van der Waals surface area contributed by atoms with Crippen LogP contribution < -0.4 is 17.0 Å². The average molecular weight is 168 g/mol. The molecular weight excluding hydrogens is 160 g/mol. The topological polar surface area (TPSA) is 105 Å². The first kappa shape index (κ1) is 8.25. The number of hydrogen-bond acceptors (Lipinski definition) is 4. The predicted octanol–water partition coefficient (Wildman–Crippen LogP) is -1.35. The molecule has 0 amide bonds. The Morgan fingerprint density at radius 1 is 1.58 bits per heavy atom. The lowest BCUT2D eigenvalue weighted by Gasteiger charge is -2.00. The van der Waals surface area contributed by atoms with E-state index in [0.29, 0.717) is 0 Å². The van der Waals surface area contributed by atoms with Gasteiger partial charge in [0.1, 0.15) is 5.69 Å². The molecule has 6 nitrogen and oxygen atoms in total. The smallest absolute Gasteiger partial charge is 0.328 e. The minimum atomic E-state index is -0.586. The molecule has 4 N–H and O–H groups in total. The SMILES string of the molecule is Cn1c(=O)[nH]c(C=N)c(N)c1=O. The molecule has 0 bridgehead atoms. The van der Waals surface area contributed by atoms with E-state index in [4.69, 9.17) is 11.1 Å². The normalized spacial score (nSPS) is 9.75. The molecule has 0 aliphatic rings. The van der Waals surface area contributed by atoms with Gasteiger partial charge in [-0.1, -0.05) is 0 Å². The van der Waals surface area contributed by atoms with E-state index in [1.54, 1.807) is 0 Å². The first-order valence-corrected chi connectivity index (χ1v) is 3.17. The summed E-state index contributed by atoms with van der Waals surface area (Å²) in [6.07, 6.45) is 0.831. The lowest BCUT2D eigenvalue weighted by molar-refractivity contribution is 0.777. The molecule has 1 rings (SSSR count). The minimum absolute atomic E-state index is 0.0445. The standard InChI is InChI=1S/C6H8N4O2/c1-10-5(11)4(8)3(2-7)9-6(10)12/h2,7H,8H2,1H3,(H,9,12). The highest BCUT2D eigenvalue weighted by Crippen LogP contribution is 1.92. The van der Waals surface area contributed by atoms with Crippen molar-refractivity contribution in [3.63, 3.8) is 0 Å². The molecule has 1 heterocycles. The van der Waals surface area contributed by atoms with Crippen molar-refractivity contribution in [3.05, 3.63) is 26.5 Å². The number of rotatable bonds is 1. The number of nitrogens with two attached hydrogens (primary N) is 1. The molecule has 0 saturated carbocycles. The molecule has 0 fully saturated rings. The summed E-state index contributed by atoms with van der Waals surface area (Å²) in [6, 6.07) is 0. The molecular formula is C6H8N4O2. The summed E-state index contributed by atoms with van der Waals surface area (Å²) >= 11 is 0. The van der Waals surface area contributed by atoms with Gasteiger partial charge in [-0.25, -0.2) is 4.79 Å². The van der Waals surface area contributed by atoms with Gasteiger partial charge in [0.2, 0.25) is 0 Å². The highest BCUT2D eigenvalue weighted by Gasteiger charge is 2.05. The monoisotopic (exact) mass is 168 g/mol. The van der Waals surface area contributed by atoms with Crippen LogP contribution in [-0.4, -0.2) is 15.8 Å². The van der Waals surface area contributed by atoms with Crippen LogP contribution in [0.5, 0.6) is 0 Å². The Kier molecular flexibility index (Phi) is 1.82. The summed E-state index contributed by atoms with van der Waals surface area (Å²) in [6.45, 7) is 0. The number of nitrogen functional groups attached to an aromatic ring is 1. The summed E-state index contributed by atoms with van der Waals surface area (Å²) in [7, 11) is 1.31. The van der Waals surface area contributed by atoms with E-state index < -0.39 is 11.2 Å². The van der Waals surface area contributed by atoms with Crippen LogP contribution in [0, 0.1) is 5.41 Å². The van der Waals surface area contributed by atoms with Crippen molar-refractivity contribution < 1.29 is 0 Å². The summed E-state index contributed by atoms with van der Waals surface area (Å²) in [5.41, 5.74) is 4.07. The molecule has 0 spiro atoms. The van der Waals surface area contributed by atoms with Crippen LogP contribution in [-0.2, 0) is 7.05 Å². The quantitative estimate of drug-likeness (QED) is 0.451. The highest BCUT2D eigenvalue weighted by atomic mass is 16.2. The zero-order valence-corrected chi connectivity index (χ0v) is 6.42. The van der Waals surface area contributed by atoms with Crippen LogP contribution in [0.25, 0.3) is 0 Å². The van der Waals surface area contributed by atoms with E-state index in [1.807, 2.05) is 0 Å². The Labute approximate surface area is 67.2 Å². The lowest BCUT2D eigenvalue weighted by atomic mass is 10.3. The van der Waals surface area contributed by atoms with Crippen molar-refractivity contribution in [1.29, 1.82) is 5.41 Å². The summed E-state index contributed by atoms with van der Waals surface area (Å²) in [5, 5.41) is 6.83. The van der Waals surface area contributed by atoms with Crippen molar-refractivity contribution in [1.82, 2.24) is 9.55 Å². The third-order valence-electron chi connectivity index (χ3n) is 1.52. The second-order valence-electron chi connectivity index (χ2n) is 2.27. The molecule has 0 radical (unpaired) electrons. The maximum Gasteiger partial charge on any atom is 0.328 e. The maximum atomic E-state index is 11.1. The third kappa shape index (κ3) is 1.03. The molecule has 0 aromatic carbocycles. The number of anilines is 1. The summed E-state index contributed by atoms with van der Waals surface area (Å²) in [4.78, 5) is 24.3. The first-order chi connectivity index (χ1) is 5.57. The van der Waals surface area contributed by atoms with Gasteiger partial charge < -0.3 is 16.1 Å². The average Bonchev–Trinajstić information content (AvgIpc) is 2.08. The van der Waals surface area contributed by atoms with Crippen LogP contribution >= 0.6 is 0 Å². The van der Waals surface area contributed by atoms with Crippen molar-refractivity contribution >= 4 is 11.9 Å². The molecule has 6 heteroatoms. The number of H-pyrrole nitrogens is 1. The second kappa shape index (κ2) is 2.65. The highest BCUT2D eigenvalue weighted by molar-refractivity contribution is 5.81. The number of hydrogen-bond donors (Lipinski definition) is 3. The maximum absolute atomic E-state index is 11.1. The minimum Gasteiger partial charge on any atom is -0.393 e. The Bertz CT molecular complexity index is 428. The zero-order valence-electron chi connectivity index (χ0n) is 6.42. The van der Waals surface area contributed by atoms with Gasteiger partial charge in [0.05, 0.1) is 5.69 Å². The van der Waals surface area contributed by atoms with Crippen LogP contribution in [0.1, 0.15) is 5.69 Å². The lowest BCUT2D eigenvalue weighted by Crippen LogP contribution is -2.35. The molecule has 12 heavy (non-hydrogen) atoms. The van der Waals surface area contributed by atoms with Crippen LogP contribution in [0.3, 0.4) is 0 Å². The van der Waals surface area contributed by atoms with Crippen molar-refractivity contribution in [2.45, 2.75) is 0 Å². The Morgan fingerprint density at radius 2 is 2.17 bits per heavy atom. The Hall–Kier alpha value is -1.85. The van der Waals surface area contributed by atoms with E-state index >= 15 is 0 Å². The van der Waals surface area contributed by atoms with Gasteiger partial charge in [-0.05, 0) is 0 Å². The van der Waals surface area contributed by atoms with Crippen molar-refractivity contribution in [2.24, 2.45) is 7.05 Å². The fourth-order valence-electron chi connectivity index (χ4n) is 0.768. The largest absolute Gasteiger partial charge is 0.393 e. The molecule has 0 saturated heterocycles. The van der Waals surface area contributed by atoms with Gasteiger partial charge >= 0.3 is 5.69 Å². The molecule has 64 valence electrons. The van der Waals surface area contributed by atoms with Gasteiger partial charge in [-0.2, -0.15) is 0 Å². The molecule has 0 aliphatic heterocycles. The number of aromatic nitrogens is 2. The third-order valence-corrected chi connectivity index (χ3v) is 1.52. The second-order valence-corrected chi connectivity index (χ2v) is 2.27. The van der Waals surface area contributed by atoms with E-state index in [2.05, 4.69) is 4.98 Å². The van der Waals surface area contributed by atoms with Gasteiger partial charge in [0, 0.05) is 13.3 Å². The molecule has 1 aromatic heterocycles. The van der Waals surface area contributed by atoms with Gasteiger partial charge in [-0.3, -0.25) is 9.36 Å². The van der Waals surface area contributed by atoms with E-state index in [9.17, 15) is 9.59 Å². The molecule has 0 aliphatic carbocycles. The Morgan fingerprint density at radius 3 is 2.67 bits per heavy atom. The fraction of sp³-hybridized carbons (Fsp3) is 0.167. The first-order valence-electron chi connectivity index (χ1n) is 3.17.